The number of hydrogen-bond donors (Lipinski definition) is 2. The van der Waals surface area contributed by atoms with E-state index < -0.39 is 12.0 Å². The third-order valence-electron chi connectivity index (χ3n) is 2.39. The summed E-state index contributed by atoms with van der Waals surface area (Å²) in [5.74, 6) is -0.655. The molecule has 1 atom stereocenters. The summed E-state index contributed by atoms with van der Waals surface area (Å²) in [5, 5.41) is 11.5. The zero-order valence-electron chi connectivity index (χ0n) is 9.84. The summed E-state index contributed by atoms with van der Waals surface area (Å²) < 4.78 is 1.66. The van der Waals surface area contributed by atoms with Crippen LogP contribution in [0.15, 0.2) is 18.3 Å². The molecule has 0 bridgehead atoms. The van der Waals surface area contributed by atoms with Crippen LogP contribution in [0, 0.1) is 0 Å². The number of carboxylic acids is 1. The molecule has 0 spiro atoms. The topological polar surface area (TPSA) is 71.3 Å². The van der Waals surface area contributed by atoms with Crippen molar-refractivity contribution in [1.82, 2.24) is 9.88 Å². The van der Waals surface area contributed by atoms with Gasteiger partial charge in [0.15, 0.2) is 0 Å². The lowest BCUT2D eigenvalue weighted by atomic mass is 10.2. The lowest BCUT2D eigenvalue weighted by molar-refractivity contribution is -0.139. The third-order valence-corrected chi connectivity index (χ3v) is 3.03. The highest BCUT2D eigenvalue weighted by Crippen LogP contribution is 2.04. The van der Waals surface area contributed by atoms with Gasteiger partial charge in [-0.05, 0) is 30.6 Å². The van der Waals surface area contributed by atoms with E-state index in [2.05, 4.69) is 5.32 Å². The molecule has 94 valence electrons. The smallest absolute Gasteiger partial charge is 0.326 e. The maximum Gasteiger partial charge on any atom is 0.326 e. The molecule has 0 aromatic carbocycles. The number of thioether (sulfide) groups is 1. The first-order chi connectivity index (χ1) is 8.06. The molecule has 0 aliphatic rings. The van der Waals surface area contributed by atoms with Gasteiger partial charge in [0.1, 0.15) is 11.7 Å². The van der Waals surface area contributed by atoms with Crippen LogP contribution < -0.4 is 5.32 Å². The second-order valence-corrected chi connectivity index (χ2v) is 4.64. The van der Waals surface area contributed by atoms with E-state index in [9.17, 15) is 9.59 Å². The Morgan fingerprint density at radius 2 is 2.29 bits per heavy atom. The summed E-state index contributed by atoms with van der Waals surface area (Å²) in [4.78, 5) is 22.8. The van der Waals surface area contributed by atoms with Gasteiger partial charge in [0.05, 0.1) is 0 Å². The molecule has 0 unspecified atom stereocenters. The molecule has 0 saturated carbocycles. The van der Waals surface area contributed by atoms with Crippen molar-refractivity contribution in [3.05, 3.63) is 24.0 Å². The fourth-order valence-electron chi connectivity index (χ4n) is 1.42. The number of carbonyl (C=O) groups excluding carboxylic acids is 1. The second kappa shape index (κ2) is 6.34. The van der Waals surface area contributed by atoms with Crippen LogP contribution in [0.3, 0.4) is 0 Å². The van der Waals surface area contributed by atoms with Crippen LogP contribution in [-0.2, 0) is 11.8 Å². The fraction of sp³-hybridized carbons (Fsp3) is 0.455. The van der Waals surface area contributed by atoms with Gasteiger partial charge < -0.3 is 15.0 Å². The molecule has 1 aromatic heterocycles. The highest BCUT2D eigenvalue weighted by Gasteiger charge is 2.20. The molecular formula is C11H16N2O3S. The number of rotatable bonds is 6. The van der Waals surface area contributed by atoms with Gasteiger partial charge in [-0.25, -0.2) is 4.79 Å². The molecule has 5 nitrogen and oxygen atoms in total. The van der Waals surface area contributed by atoms with E-state index in [1.807, 2.05) is 6.26 Å². The molecule has 2 N–H and O–H groups in total. The molecule has 0 aliphatic heterocycles. The maximum atomic E-state index is 11.8. The van der Waals surface area contributed by atoms with Gasteiger partial charge in [0.25, 0.3) is 5.91 Å². The highest BCUT2D eigenvalue weighted by atomic mass is 32.2. The number of nitrogens with one attached hydrogen (secondary N) is 1. The summed E-state index contributed by atoms with van der Waals surface area (Å²) >= 11 is 1.56. The van der Waals surface area contributed by atoms with Crippen LogP contribution in [0.4, 0.5) is 0 Å². The lowest BCUT2D eigenvalue weighted by Gasteiger charge is -2.14. The number of aryl methyl sites for hydroxylation is 1. The molecule has 0 saturated heterocycles. The van der Waals surface area contributed by atoms with Gasteiger partial charge in [-0.3, -0.25) is 4.79 Å². The van der Waals surface area contributed by atoms with E-state index in [0.29, 0.717) is 17.9 Å². The van der Waals surface area contributed by atoms with Crippen molar-refractivity contribution in [2.24, 2.45) is 7.05 Å². The highest BCUT2D eigenvalue weighted by molar-refractivity contribution is 7.98. The number of amides is 1. The number of aliphatic carboxylic acids is 1. The minimum absolute atomic E-state index is 0.356. The molecule has 0 aliphatic carbocycles. The van der Waals surface area contributed by atoms with E-state index in [4.69, 9.17) is 5.11 Å². The number of hydrogen-bond acceptors (Lipinski definition) is 3. The second-order valence-electron chi connectivity index (χ2n) is 3.65. The van der Waals surface area contributed by atoms with E-state index in [1.54, 1.807) is 41.7 Å². The molecule has 17 heavy (non-hydrogen) atoms. The molecule has 0 radical (unpaired) electrons. The van der Waals surface area contributed by atoms with Crippen LogP contribution in [0.1, 0.15) is 16.9 Å². The van der Waals surface area contributed by atoms with Crippen LogP contribution in [-0.4, -0.2) is 39.6 Å². The molecule has 1 heterocycles. The molecule has 6 heteroatoms. The Kier molecular flexibility index (Phi) is 5.09. The average molecular weight is 256 g/mol. The average Bonchev–Trinajstić information content (AvgIpc) is 2.70. The van der Waals surface area contributed by atoms with Gasteiger partial charge >= 0.3 is 5.97 Å². The van der Waals surface area contributed by atoms with Crippen molar-refractivity contribution in [3.63, 3.8) is 0 Å². The first-order valence-electron chi connectivity index (χ1n) is 5.20. The van der Waals surface area contributed by atoms with Crippen LogP contribution in [0.2, 0.25) is 0 Å². The first-order valence-corrected chi connectivity index (χ1v) is 6.59. The molecule has 0 fully saturated rings. The van der Waals surface area contributed by atoms with Crippen molar-refractivity contribution in [2.45, 2.75) is 12.5 Å². The Bertz CT molecular complexity index is 403. The molecule has 1 amide bonds. The minimum atomic E-state index is -0.999. The predicted molar refractivity (Wildman–Crippen MR) is 67.3 cm³/mol. The Labute approximate surface area is 104 Å². The summed E-state index contributed by atoms with van der Waals surface area (Å²) in [6, 6.07) is 2.57. The standard InChI is InChI=1S/C11H16N2O3S/c1-13-6-3-4-9(13)10(14)12-8(11(15)16)5-7-17-2/h3-4,6,8H,5,7H2,1-2H3,(H,12,14)(H,15,16)/t8-/m1/s1. The number of carboxylic acid groups (broad SMARTS) is 1. The van der Waals surface area contributed by atoms with Gasteiger partial charge in [-0.15, -0.1) is 0 Å². The quantitative estimate of drug-likeness (QED) is 0.795. The predicted octanol–water partition coefficient (Wildman–Crippen LogP) is 0.961. The van der Waals surface area contributed by atoms with Gasteiger partial charge in [-0.2, -0.15) is 11.8 Å². The van der Waals surface area contributed by atoms with Crippen molar-refractivity contribution < 1.29 is 14.7 Å². The van der Waals surface area contributed by atoms with Crippen molar-refractivity contribution in [1.29, 1.82) is 0 Å². The third kappa shape index (κ3) is 3.81. The van der Waals surface area contributed by atoms with E-state index in [0.717, 1.165) is 0 Å². The largest absolute Gasteiger partial charge is 0.480 e. The fourth-order valence-corrected chi connectivity index (χ4v) is 1.89. The SMILES string of the molecule is CSCC[C@@H](NC(=O)c1cccn1C)C(=O)O. The molecule has 1 rings (SSSR count). The monoisotopic (exact) mass is 256 g/mol. The zero-order chi connectivity index (χ0) is 12.8. The molecule has 1 aromatic rings. The molecular weight excluding hydrogens is 240 g/mol. The zero-order valence-corrected chi connectivity index (χ0v) is 10.7. The summed E-state index contributed by atoms with van der Waals surface area (Å²) in [5.41, 5.74) is 0.459. The van der Waals surface area contributed by atoms with Gasteiger partial charge in [0.2, 0.25) is 0 Å². The Hall–Kier alpha value is -1.43. The summed E-state index contributed by atoms with van der Waals surface area (Å²) in [6.07, 6.45) is 4.07. The minimum Gasteiger partial charge on any atom is -0.480 e. The maximum absolute atomic E-state index is 11.8. The lowest BCUT2D eigenvalue weighted by Crippen LogP contribution is -2.41. The van der Waals surface area contributed by atoms with Crippen molar-refractivity contribution >= 4 is 23.6 Å². The first kappa shape index (κ1) is 13.6. The Morgan fingerprint density at radius 1 is 1.59 bits per heavy atom. The summed E-state index contributed by atoms with van der Waals surface area (Å²) in [6.45, 7) is 0. The Balaban J connectivity index is 2.64. The number of nitrogens with zero attached hydrogens (tertiary/aromatic N) is 1. The van der Waals surface area contributed by atoms with Gasteiger partial charge in [-0.1, -0.05) is 0 Å². The summed E-state index contributed by atoms with van der Waals surface area (Å²) in [7, 11) is 1.74. The van der Waals surface area contributed by atoms with E-state index in [-0.39, 0.29) is 5.91 Å². The number of aromatic nitrogens is 1. The van der Waals surface area contributed by atoms with Crippen molar-refractivity contribution in [3.8, 4) is 0 Å². The van der Waals surface area contributed by atoms with Crippen LogP contribution >= 0.6 is 11.8 Å². The van der Waals surface area contributed by atoms with E-state index in [1.165, 1.54) is 0 Å². The Morgan fingerprint density at radius 3 is 2.76 bits per heavy atom. The van der Waals surface area contributed by atoms with Crippen molar-refractivity contribution in [2.75, 3.05) is 12.0 Å². The van der Waals surface area contributed by atoms with Gasteiger partial charge in [0, 0.05) is 13.2 Å². The number of carbonyl (C=O) groups is 2. The normalized spacial score (nSPS) is 12.1. The van der Waals surface area contributed by atoms with E-state index >= 15 is 0 Å². The van der Waals surface area contributed by atoms with Crippen LogP contribution in [0.5, 0.6) is 0 Å². The van der Waals surface area contributed by atoms with Crippen LogP contribution in [0.25, 0.3) is 0 Å².